The quantitative estimate of drug-likeness (QED) is 0.900. The van der Waals surface area contributed by atoms with Crippen molar-refractivity contribution < 1.29 is 4.74 Å². The number of hydrogen-bond acceptors (Lipinski definition) is 3. The normalized spacial score (nSPS) is 16.9. The summed E-state index contributed by atoms with van der Waals surface area (Å²) >= 11 is 6.16. The number of hydrogen-bond donors (Lipinski definition) is 1. The molecule has 18 heavy (non-hydrogen) atoms. The lowest BCUT2D eigenvalue weighted by molar-refractivity contribution is 0.0905. The molecule has 2 heterocycles. The van der Waals surface area contributed by atoms with Crippen LogP contribution in [0.3, 0.4) is 0 Å². The van der Waals surface area contributed by atoms with E-state index in [0.29, 0.717) is 11.1 Å². The lowest BCUT2D eigenvalue weighted by Gasteiger charge is -2.24. The van der Waals surface area contributed by atoms with Gasteiger partial charge in [-0.05, 0) is 37.1 Å². The van der Waals surface area contributed by atoms with Crippen molar-refractivity contribution in [2.24, 2.45) is 0 Å². The summed E-state index contributed by atoms with van der Waals surface area (Å²) in [5, 5.41) is 5.35. The van der Waals surface area contributed by atoms with Crippen molar-refractivity contribution in [1.82, 2.24) is 4.98 Å². The predicted octanol–water partition coefficient (Wildman–Crippen LogP) is 3.48. The molecule has 0 unspecified atom stereocenters. The van der Waals surface area contributed by atoms with Crippen molar-refractivity contribution in [1.29, 1.82) is 0 Å². The molecule has 3 nitrogen and oxygen atoms in total. The lowest BCUT2D eigenvalue weighted by atomic mass is 10.1. The zero-order chi connectivity index (χ0) is 12.4. The molecule has 4 heteroatoms. The van der Waals surface area contributed by atoms with Gasteiger partial charge in [-0.25, -0.2) is 0 Å². The van der Waals surface area contributed by atoms with Gasteiger partial charge in [-0.2, -0.15) is 0 Å². The van der Waals surface area contributed by atoms with Crippen LogP contribution in [0.5, 0.6) is 0 Å². The van der Waals surface area contributed by atoms with Crippen LogP contribution in [0.4, 0.5) is 5.69 Å². The lowest BCUT2D eigenvalue weighted by Crippen LogP contribution is -2.27. The second kappa shape index (κ2) is 5.12. The van der Waals surface area contributed by atoms with E-state index < -0.39 is 0 Å². The van der Waals surface area contributed by atoms with Crippen molar-refractivity contribution in [3.8, 4) is 0 Å². The summed E-state index contributed by atoms with van der Waals surface area (Å²) < 4.78 is 5.37. The highest BCUT2D eigenvalue weighted by molar-refractivity contribution is 6.35. The van der Waals surface area contributed by atoms with Gasteiger partial charge in [-0.15, -0.1) is 0 Å². The molecule has 0 bridgehead atoms. The fourth-order valence-electron chi connectivity index (χ4n) is 2.33. The molecule has 94 valence electrons. The van der Waals surface area contributed by atoms with Crippen molar-refractivity contribution in [2.75, 3.05) is 18.5 Å². The van der Waals surface area contributed by atoms with Gasteiger partial charge in [0.2, 0.25) is 0 Å². The minimum absolute atomic E-state index is 0.475. The summed E-state index contributed by atoms with van der Waals surface area (Å²) in [7, 11) is 0. The molecule has 0 amide bonds. The largest absolute Gasteiger partial charge is 0.382 e. The number of ether oxygens (including phenoxy) is 1. The Morgan fingerprint density at radius 2 is 2.06 bits per heavy atom. The maximum Gasteiger partial charge on any atom is 0.0908 e. The Bertz CT molecular complexity index is 552. The molecule has 0 radical (unpaired) electrons. The van der Waals surface area contributed by atoms with Crippen LogP contribution in [0.15, 0.2) is 30.5 Å². The van der Waals surface area contributed by atoms with Crippen molar-refractivity contribution >= 4 is 28.2 Å². The molecule has 2 aromatic rings. The van der Waals surface area contributed by atoms with Crippen LogP contribution in [0.1, 0.15) is 12.8 Å². The van der Waals surface area contributed by atoms with Crippen molar-refractivity contribution in [3.05, 3.63) is 35.5 Å². The van der Waals surface area contributed by atoms with E-state index in [0.717, 1.165) is 42.6 Å². The Balaban J connectivity index is 1.94. The Morgan fingerprint density at radius 3 is 2.89 bits per heavy atom. The molecule has 0 aliphatic carbocycles. The minimum Gasteiger partial charge on any atom is -0.382 e. The summed E-state index contributed by atoms with van der Waals surface area (Å²) in [6.45, 7) is 1.67. The molecule has 0 spiro atoms. The first-order valence-electron chi connectivity index (χ1n) is 6.22. The van der Waals surface area contributed by atoms with E-state index in [1.165, 1.54) is 0 Å². The molecule has 1 saturated heterocycles. The molecular weight excluding hydrogens is 248 g/mol. The number of rotatable bonds is 2. The van der Waals surface area contributed by atoms with Crippen LogP contribution in [0.25, 0.3) is 10.9 Å². The van der Waals surface area contributed by atoms with E-state index in [1.54, 1.807) is 6.20 Å². The fourth-order valence-corrected chi connectivity index (χ4v) is 2.54. The van der Waals surface area contributed by atoms with Gasteiger partial charge in [0.1, 0.15) is 0 Å². The summed E-state index contributed by atoms with van der Waals surface area (Å²) in [5.41, 5.74) is 1.96. The number of aromatic nitrogens is 1. The van der Waals surface area contributed by atoms with E-state index in [-0.39, 0.29) is 0 Å². The van der Waals surface area contributed by atoms with E-state index in [1.807, 2.05) is 18.2 Å². The first kappa shape index (κ1) is 11.8. The molecule has 1 aliphatic heterocycles. The summed E-state index contributed by atoms with van der Waals surface area (Å²) in [5.74, 6) is 0. The average Bonchev–Trinajstić information content (AvgIpc) is 2.44. The number of anilines is 1. The molecule has 1 N–H and O–H groups in total. The van der Waals surface area contributed by atoms with Gasteiger partial charge in [0, 0.05) is 36.5 Å². The summed E-state index contributed by atoms with van der Waals surface area (Å²) in [6.07, 6.45) is 3.86. The Kier molecular flexibility index (Phi) is 3.35. The van der Waals surface area contributed by atoms with E-state index >= 15 is 0 Å². The molecule has 0 saturated carbocycles. The molecule has 0 atom stereocenters. The summed E-state index contributed by atoms with van der Waals surface area (Å²) in [4.78, 5) is 4.34. The van der Waals surface area contributed by atoms with Crippen molar-refractivity contribution in [3.63, 3.8) is 0 Å². The third-order valence-electron chi connectivity index (χ3n) is 3.30. The number of nitrogens with zero attached hydrogens (tertiary/aromatic N) is 1. The highest BCUT2D eigenvalue weighted by atomic mass is 35.5. The number of benzene rings is 1. The Labute approximate surface area is 111 Å². The predicted molar refractivity (Wildman–Crippen MR) is 74.2 cm³/mol. The Hall–Kier alpha value is -1.32. The second-order valence-corrected chi connectivity index (χ2v) is 4.93. The monoisotopic (exact) mass is 262 g/mol. The Morgan fingerprint density at radius 1 is 1.22 bits per heavy atom. The maximum atomic E-state index is 6.16. The van der Waals surface area contributed by atoms with Gasteiger partial charge in [0.15, 0.2) is 0 Å². The van der Waals surface area contributed by atoms with Gasteiger partial charge in [0.05, 0.1) is 10.5 Å². The third-order valence-corrected chi connectivity index (χ3v) is 3.61. The maximum absolute atomic E-state index is 6.16. The van der Waals surface area contributed by atoms with Gasteiger partial charge in [-0.1, -0.05) is 11.6 Å². The first-order valence-corrected chi connectivity index (χ1v) is 6.60. The minimum atomic E-state index is 0.475. The number of pyridine rings is 1. The number of halogens is 1. The molecule has 1 aromatic heterocycles. The third kappa shape index (κ3) is 2.28. The van der Waals surface area contributed by atoms with Crippen LogP contribution < -0.4 is 5.32 Å². The van der Waals surface area contributed by atoms with Crippen LogP contribution in [0.2, 0.25) is 5.02 Å². The summed E-state index contributed by atoms with van der Waals surface area (Å²) in [6, 6.07) is 8.40. The number of fused-ring (bicyclic) bond motifs is 1. The molecule has 1 fully saturated rings. The molecule has 1 aliphatic rings. The first-order chi connectivity index (χ1) is 8.84. The molecule has 3 rings (SSSR count). The van der Waals surface area contributed by atoms with Crippen LogP contribution in [0, 0.1) is 0 Å². The fraction of sp³-hybridized carbons (Fsp3) is 0.357. The van der Waals surface area contributed by atoms with Crippen LogP contribution in [-0.4, -0.2) is 24.2 Å². The average molecular weight is 263 g/mol. The van der Waals surface area contributed by atoms with Crippen LogP contribution >= 0.6 is 11.6 Å². The van der Waals surface area contributed by atoms with Gasteiger partial charge < -0.3 is 10.1 Å². The standard InChI is InChI=1S/C14H15ClN2O/c15-12-3-4-13(11-2-1-7-16-14(11)12)17-10-5-8-18-9-6-10/h1-4,7,10,17H,5-6,8-9H2. The van der Waals surface area contributed by atoms with Gasteiger partial charge >= 0.3 is 0 Å². The second-order valence-electron chi connectivity index (χ2n) is 4.53. The zero-order valence-corrected chi connectivity index (χ0v) is 10.8. The van der Waals surface area contributed by atoms with Gasteiger partial charge in [0.25, 0.3) is 0 Å². The smallest absolute Gasteiger partial charge is 0.0908 e. The highest BCUT2D eigenvalue weighted by Crippen LogP contribution is 2.29. The van der Waals surface area contributed by atoms with Crippen molar-refractivity contribution in [2.45, 2.75) is 18.9 Å². The SMILES string of the molecule is Clc1ccc(NC2CCOCC2)c2cccnc12. The topological polar surface area (TPSA) is 34.1 Å². The van der Waals surface area contributed by atoms with Gasteiger partial charge in [-0.3, -0.25) is 4.98 Å². The van der Waals surface area contributed by atoms with E-state index in [4.69, 9.17) is 16.3 Å². The number of nitrogens with one attached hydrogen (secondary N) is 1. The zero-order valence-electron chi connectivity index (χ0n) is 10.0. The van der Waals surface area contributed by atoms with Crippen LogP contribution in [-0.2, 0) is 4.74 Å². The molecular formula is C14H15ClN2O. The highest BCUT2D eigenvalue weighted by Gasteiger charge is 2.15. The van der Waals surface area contributed by atoms with E-state index in [9.17, 15) is 0 Å². The van der Waals surface area contributed by atoms with E-state index in [2.05, 4.69) is 16.4 Å². The molecule has 1 aromatic carbocycles.